The number of hydrogen-bond acceptors (Lipinski definition) is 4. The van der Waals surface area contributed by atoms with Crippen molar-refractivity contribution in [3.8, 4) is 10.7 Å². The van der Waals surface area contributed by atoms with Crippen molar-refractivity contribution >= 4 is 44.7 Å². The van der Waals surface area contributed by atoms with Gasteiger partial charge in [-0.25, -0.2) is 4.98 Å². The first-order chi connectivity index (χ1) is 13.8. The SMILES string of the molecule is O=C(Nc1cc(C(F)(F)F)ccc1Cl)c1cccnc1-c1nc2ccccc2s1. The molecular weight excluding hydrogens is 423 g/mol. The highest BCUT2D eigenvalue weighted by molar-refractivity contribution is 7.21. The number of pyridine rings is 1. The highest BCUT2D eigenvalue weighted by Gasteiger charge is 2.31. The maximum Gasteiger partial charge on any atom is 0.416 e. The Bertz CT molecular complexity index is 1190. The first-order valence-electron chi connectivity index (χ1n) is 8.32. The summed E-state index contributed by atoms with van der Waals surface area (Å²) in [5.41, 5.74) is 0.250. The lowest BCUT2D eigenvalue weighted by molar-refractivity contribution is -0.137. The van der Waals surface area contributed by atoms with Crippen molar-refractivity contribution in [2.75, 3.05) is 5.32 Å². The van der Waals surface area contributed by atoms with Gasteiger partial charge in [0.2, 0.25) is 0 Å². The topological polar surface area (TPSA) is 54.9 Å². The van der Waals surface area contributed by atoms with Crippen LogP contribution < -0.4 is 5.32 Å². The van der Waals surface area contributed by atoms with Crippen molar-refractivity contribution in [1.29, 1.82) is 0 Å². The summed E-state index contributed by atoms with van der Waals surface area (Å²) in [5, 5.41) is 2.98. The Morgan fingerprint density at radius 3 is 2.62 bits per heavy atom. The van der Waals surface area contributed by atoms with Crippen LogP contribution in [0.4, 0.5) is 18.9 Å². The molecule has 1 amide bonds. The van der Waals surface area contributed by atoms with Crippen LogP contribution in [0.2, 0.25) is 5.02 Å². The van der Waals surface area contributed by atoms with Crippen molar-refractivity contribution in [3.05, 3.63) is 76.9 Å². The molecule has 0 aliphatic rings. The predicted octanol–water partition coefficient (Wildman–Crippen LogP) is 6.28. The van der Waals surface area contributed by atoms with Crippen molar-refractivity contribution in [3.63, 3.8) is 0 Å². The number of hydrogen-bond donors (Lipinski definition) is 1. The zero-order chi connectivity index (χ0) is 20.6. The Kier molecular flexibility index (Phi) is 4.97. The number of fused-ring (bicyclic) bond motifs is 1. The van der Waals surface area contributed by atoms with Crippen LogP contribution in [0.25, 0.3) is 20.9 Å². The molecule has 146 valence electrons. The van der Waals surface area contributed by atoms with E-state index in [0.29, 0.717) is 10.7 Å². The van der Waals surface area contributed by atoms with Gasteiger partial charge in [-0.2, -0.15) is 13.2 Å². The van der Waals surface area contributed by atoms with Crippen LogP contribution in [0.15, 0.2) is 60.8 Å². The number of nitrogens with zero attached hydrogens (tertiary/aromatic N) is 2. The minimum absolute atomic E-state index is 0.00298. The van der Waals surface area contributed by atoms with Crippen molar-refractivity contribution in [2.45, 2.75) is 6.18 Å². The smallest absolute Gasteiger partial charge is 0.321 e. The summed E-state index contributed by atoms with van der Waals surface area (Å²) in [5.74, 6) is -0.631. The summed E-state index contributed by atoms with van der Waals surface area (Å²) in [6.07, 6.45) is -3.03. The number of carbonyl (C=O) groups is 1. The normalized spacial score (nSPS) is 11.6. The van der Waals surface area contributed by atoms with Gasteiger partial charge in [-0.15, -0.1) is 11.3 Å². The van der Waals surface area contributed by atoms with E-state index in [1.54, 1.807) is 6.07 Å². The fraction of sp³-hybridized carbons (Fsp3) is 0.0500. The number of alkyl halides is 3. The molecule has 2 aromatic carbocycles. The minimum Gasteiger partial charge on any atom is -0.321 e. The second-order valence-electron chi connectivity index (χ2n) is 6.03. The summed E-state index contributed by atoms with van der Waals surface area (Å²) in [4.78, 5) is 21.6. The van der Waals surface area contributed by atoms with Crippen molar-refractivity contribution in [2.24, 2.45) is 0 Å². The first-order valence-corrected chi connectivity index (χ1v) is 9.51. The second-order valence-corrected chi connectivity index (χ2v) is 7.47. The van der Waals surface area contributed by atoms with Gasteiger partial charge in [0, 0.05) is 6.20 Å². The Morgan fingerprint density at radius 1 is 1.07 bits per heavy atom. The van der Waals surface area contributed by atoms with Gasteiger partial charge in [0.25, 0.3) is 5.91 Å². The van der Waals surface area contributed by atoms with Gasteiger partial charge < -0.3 is 5.32 Å². The van der Waals surface area contributed by atoms with E-state index in [-0.39, 0.29) is 16.3 Å². The van der Waals surface area contributed by atoms with Crippen LogP contribution in [-0.2, 0) is 6.18 Å². The summed E-state index contributed by atoms with van der Waals surface area (Å²) < 4.78 is 39.9. The molecule has 0 aliphatic carbocycles. The second kappa shape index (κ2) is 7.46. The van der Waals surface area contributed by atoms with Gasteiger partial charge in [-0.3, -0.25) is 9.78 Å². The molecule has 4 nitrogen and oxygen atoms in total. The maximum absolute atomic E-state index is 13.0. The van der Waals surface area contributed by atoms with Crippen LogP contribution in [0.5, 0.6) is 0 Å². The van der Waals surface area contributed by atoms with E-state index in [0.717, 1.165) is 28.4 Å². The molecule has 0 unspecified atom stereocenters. The fourth-order valence-electron chi connectivity index (χ4n) is 2.72. The Labute approximate surface area is 172 Å². The van der Waals surface area contributed by atoms with Crippen molar-refractivity contribution in [1.82, 2.24) is 9.97 Å². The third-order valence-corrected chi connectivity index (χ3v) is 5.46. The first kappa shape index (κ1) is 19.4. The summed E-state index contributed by atoms with van der Waals surface area (Å²) in [6, 6.07) is 13.3. The van der Waals surface area contributed by atoms with Crippen LogP contribution >= 0.6 is 22.9 Å². The molecule has 0 bridgehead atoms. The lowest BCUT2D eigenvalue weighted by Crippen LogP contribution is -2.15. The molecule has 1 N–H and O–H groups in total. The Morgan fingerprint density at radius 2 is 1.86 bits per heavy atom. The van der Waals surface area contributed by atoms with Gasteiger partial charge in [0.15, 0.2) is 0 Å². The average Bonchev–Trinajstić information content (AvgIpc) is 3.13. The minimum atomic E-state index is -4.55. The molecule has 0 spiro atoms. The number of carbonyl (C=O) groups excluding carboxylic acids is 1. The van der Waals surface area contributed by atoms with E-state index in [1.807, 2.05) is 24.3 Å². The largest absolute Gasteiger partial charge is 0.416 e. The highest BCUT2D eigenvalue weighted by Crippen LogP contribution is 2.35. The highest BCUT2D eigenvalue weighted by atomic mass is 35.5. The molecule has 0 atom stereocenters. The zero-order valence-corrected chi connectivity index (χ0v) is 16.1. The van der Waals surface area contributed by atoms with Gasteiger partial charge in [0.1, 0.15) is 10.7 Å². The van der Waals surface area contributed by atoms with Gasteiger partial charge in [0.05, 0.1) is 32.1 Å². The molecule has 0 fully saturated rings. The summed E-state index contributed by atoms with van der Waals surface area (Å²) >= 11 is 7.35. The van der Waals surface area contributed by atoms with Crippen LogP contribution in [0.1, 0.15) is 15.9 Å². The van der Waals surface area contributed by atoms with E-state index >= 15 is 0 Å². The predicted molar refractivity (Wildman–Crippen MR) is 107 cm³/mol. The van der Waals surface area contributed by atoms with Crippen molar-refractivity contribution < 1.29 is 18.0 Å². The molecule has 0 saturated carbocycles. The third-order valence-electron chi connectivity index (χ3n) is 4.09. The third kappa shape index (κ3) is 3.94. The number of thiazole rings is 1. The van der Waals surface area contributed by atoms with E-state index in [9.17, 15) is 18.0 Å². The molecule has 9 heteroatoms. The standard InChI is InChI=1S/C20H11ClF3N3OS/c21-13-8-7-11(20(22,23)24)10-15(13)26-18(28)12-4-3-9-25-17(12)19-27-14-5-1-2-6-16(14)29-19/h1-10H,(H,26,28). The molecule has 0 radical (unpaired) electrons. The van der Waals surface area contributed by atoms with E-state index in [1.165, 1.54) is 23.6 Å². The molecular formula is C20H11ClF3N3OS. The van der Waals surface area contributed by atoms with Crippen LogP contribution in [-0.4, -0.2) is 15.9 Å². The molecule has 0 aliphatic heterocycles. The fourth-order valence-corrected chi connectivity index (χ4v) is 3.86. The Balaban J connectivity index is 1.71. The monoisotopic (exact) mass is 433 g/mol. The van der Waals surface area contributed by atoms with Crippen LogP contribution in [0.3, 0.4) is 0 Å². The molecule has 4 rings (SSSR count). The zero-order valence-electron chi connectivity index (χ0n) is 14.5. The summed E-state index contributed by atoms with van der Waals surface area (Å²) in [6.45, 7) is 0. The molecule has 29 heavy (non-hydrogen) atoms. The number of benzene rings is 2. The van der Waals surface area contributed by atoms with Gasteiger partial charge in [-0.1, -0.05) is 23.7 Å². The van der Waals surface area contributed by atoms with E-state index in [2.05, 4.69) is 15.3 Å². The average molecular weight is 434 g/mol. The number of amides is 1. The lowest BCUT2D eigenvalue weighted by atomic mass is 10.1. The number of anilines is 1. The molecule has 4 aromatic rings. The Hall–Kier alpha value is -2.97. The number of nitrogens with one attached hydrogen (secondary N) is 1. The number of para-hydroxylation sites is 1. The van der Waals surface area contributed by atoms with Gasteiger partial charge >= 0.3 is 6.18 Å². The molecule has 0 saturated heterocycles. The molecule has 2 aromatic heterocycles. The van der Waals surface area contributed by atoms with Gasteiger partial charge in [-0.05, 0) is 42.5 Å². The quantitative estimate of drug-likeness (QED) is 0.413. The van der Waals surface area contributed by atoms with E-state index in [4.69, 9.17) is 11.6 Å². The molecule has 2 heterocycles. The number of rotatable bonds is 3. The lowest BCUT2D eigenvalue weighted by Gasteiger charge is -2.12. The number of aromatic nitrogens is 2. The van der Waals surface area contributed by atoms with Crippen LogP contribution in [0, 0.1) is 0 Å². The number of halogens is 4. The summed E-state index contributed by atoms with van der Waals surface area (Å²) in [7, 11) is 0. The maximum atomic E-state index is 13.0. The van der Waals surface area contributed by atoms with E-state index < -0.39 is 17.6 Å².